The molecule has 2 fully saturated rings. The van der Waals surface area contributed by atoms with Crippen molar-refractivity contribution in [3.05, 3.63) is 71.8 Å². The molecule has 0 aromatic heterocycles. The van der Waals surface area contributed by atoms with Crippen molar-refractivity contribution in [1.82, 2.24) is 0 Å². The van der Waals surface area contributed by atoms with Gasteiger partial charge in [0.1, 0.15) is 5.60 Å². The largest absolute Gasteiger partial charge is 0.389 e. The molecule has 2 N–H and O–H groups in total. The van der Waals surface area contributed by atoms with Crippen molar-refractivity contribution in [2.24, 2.45) is 0 Å². The first-order valence-corrected chi connectivity index (χ1v) is 10.8. The van der Waals surface area contributed by atoms with Crippen LogP contribution in [0.15, 0.2) is 60.7 Å². The molecule has 2 aromatic rings. The molecule has 2 aromatic carbocycles. The van der Waals surface area contributed by atoms with Gasteiger partial charge in [0, 0.05) is 10.8 Å². The van der Waals surface area contributed by atoms with Crippen LogP contribution >= 0.6 is 0 Å². The van der Waals surface area contributed by atoms with E-state index in [0.717, 1.165) is 43.2 Å². The van der Waals surface area contributed by atoms with Crippen LogP contribution in [0.2, 0.25) is 0 Å². The molecule has 0 amide bonds. The zero-order chi connectivity index (χ0) is 18.2. The van der Waals surface area contributed by atoms with Crippen molar-refractivity contribution >= 4 is 10.8 Å². The summed E-state index contributed by atoms with van der Waals surface area (Å²) in [5, 5.41) is 22.2. The quantitative estimate of drug-likeness (QED) is 0.866. The molecule has 1 aliphatic carbocycles. The Balaban J connectivity index is 1.68. The lowest BCUT2D eigenvalue weighted by Gasteiger charge is -2.51. The van der Waals surface area contributed by atoms with Crippen molar-refractivity contribution in [2.75, 3.05) is 0 Å². The average Bonchev–Trinajstić information content (AvgIpc) is 2.68. The molecule has 2 aliphatic rings. The van der Waals surface area contributed by atoms with Crippen molar-refractivity contribution in [3.63, 3.8) is 0 Å². The maximum atomic E-state index is 13.3. The Morgan fingerprint density at radius 1 is 0.885 bits per heavy atom. The summed E-state index contributed by atoms with van der Waals surface area (Å²) in [6, 6.07) is 19.0. The lowest BCUT2D eigenvalue weighted by molar-refractivity contribution is -0.0172. The monoisotopic (exact) mass is 370 g/mol. The van der Waals surface area contributed by atoms with Crippen molar-refractivity contribution in [2.45, 2.75) is 60.2 Å². The van der Waals surface area contributed by atoms with Gasteiger partial charge in [-0.05, 0) is 30.4 Å². The van der Waals surface area contributed by atoms with E-state index in [1.54, 1.807) is 0 Å². The molecule has 4 heteroatoms. The molecule has 0 bridgehead atoms. The van der Waals surface area contributed by atoms with Crippen LogP contribution in [0.25, 0.3) is 0 Å². The number of hydrogen-bond acceptors (Lipinski definition) is 3. The number of benzene rings is 2. The third-order valence-electron chi connectivity index (χ3n) is 6.20. The SMILES string of the molecule is O=S1[C@H](C2(O)CCCCC2)C[C@H]1C(O)(c1ccccc1)c1ccccc1. The highest BCUT2D eigenvalue weighted by Crippen LogP contribution is 2.49. The predicted octanol–water partition coefficient (Wildman–Crippen LogP) is 3.51. The number of rotatable bonds is 4. The summed E-state index contributed by atoms with van der Waals surface area (Å²) in [6.07, 6.45) is 5.18. The van der Waals surface area contributed by atoms with Crippen molar-refractivity contribution in [1.29, 1.82) is 0 Å². The van der Waals surface area contributed by atoms with Crippen LogP contribution in [0.4, 0.5) is 0 Å². The average molecular weight is 371 g/mol. The Morgan fingerprint density at radius 3 is 1.85 bits per heavy atom. The minimum atomic E-state index is -1.30. The molecule has 0 radical (unpaired) electrons. The Bertz CT molecular complexity index is 729. The van der Waals surface area contributed by atoms with Crippen LogP contribution < -0.4 is 0 Å². The van der Waals surface area contributed by atoms with Gasteiger partial charge in [-0.25, -0.2) is 0 Å². The van der Waals surface area contributed by atoms with Gasteiger partial charge in [0.05, 0.1) is 16.1 Å². The fourth-order valence-corrected chi connectivity index (χ4v) is 6.72. The van der Waals surface area contributed by atoms with E-state index < -0.39 is 27.3 Å². The van der Waals surface area contributed by atoms with E-state index in [1.165, 1.54) is 0 Å². The molecular weight excluding hydrogens is 344 g/mol. The van der Waals surface area contributed by atoms with Gasteiger partial charge < -0.3 is 10.2 Å². The van der Waals surface area contributed by atoms with Gasteiger partial charge in [-0.15, -0.1) is 0 Å². The molecule has 0 spiro atoms. The summed E-state index contributed by atoms with van der Waals surface area (Å²) >= 11 is 0. The molecule has 3 nitrogen and oxygen atoms in total. The molecule has 1 aliphatic heterocycles. The van der Waals surface area contributed by atoms with E-state index in [9.17, 15) is 14.4 Å². The fraction of sp³-hybridized carbons (Fsp3) is 0.455. The summed E-state index contributed by atoms with van der Waals surface area (Å²) in [4.78, 5) is 0. The van der Waals surface area contributed by atoms with E-state index in [1.807, 2.05) is 60.7 Å². The van der Waals surface area contributed by atoms with Crippen LogP contribution in [-0.2, 0) is 16.4 Å². The zero-order valence-corrected chi connectivity index (χ0v) is 15.7. The van der Waals surface area contributed by atoms with Crippen molar-refractivity contribution in [3.8, 4) is 0 Å². The van der Waals surface area contributed by atoms with Crippen LogP contribution in [0.1, 0.15) is 49.7 Å². The molecular formula is C22H26O3S. The van der Waals surface area contributed by atoms with Gasteiger partial charge in [0.2, 0.25) is 0 Å². The standard InChI is InChI=1S/C22H26O3S/c23-21(14-8-3-9-15-21)19-16-20(26(19)25)22(24,17-10-4-1-5-11-17)18-12-6-2-7-13-18/h1-2,4-7,10-13,19-20,23-24H,3,8-9,14-16H2/t19-,20-,26?/m0/s1. The topological polar surface area (TPSA) is 57.5 Å². The fourth-order valence-electron chi connectivity index (χ4n) is 4.64. The Kier molecular flexibility index (Phi) is 4.76. The Hall–Kier alpha value is -1.49. The first-order chi connectivity index (χ1) is 12.6. The van der Waals surface area contributed by atoms with Gasteiger partial charge >= 0.3 is 0 Å². The first-order valence-electron chi connectivity index (χ1n) is 9.51. The van der Waals surface area contributed by atoms with Crippen LogP contribution in [-0.4, -0.2) is 30.5 Å². The maximum absolute atomic E-state index is 13.3. The highest BCUT2D eigenvalue weighted by molar-refractivity contribution is 7.88. The molecule has 1 saturated carbocycles. The van der Waals surface area contributed by atoms with E-state index >= 15 is 0 Å². The Labute approximate surface area is 157 Å². The second kappa shape index (κ2) is 6.91. The summed E-state index contributed by atoms with van der Waals surface area (Å²) in [5.74, 6) is 0. The van der Waals surface area contributed by atoms with Gasteiger partial charge in [0.15, 0.2) is 0 Å². The van der Waals surface area contributed by atoms with Gasteiger partial charge in [-0.2, -0.15) is 0 Å². The third-order valence-corrected chi connectivity index (χ3v) is 8.49. The molecule has 1 heterocycles. The summed E-state index contributed by atoms with van der Waals surface area (Å²) in [5.41, 5.74) is -0.597. The summed E-state index contributed by atoms with van der Waals surface area (Å²) < 4.78 is 13.3. The van der Waals surface area contributed by atoms with Gasteiger partial charge in [0.25, 0.3) is 0 Å². The predicted molar refractivity (Wildman–Crippen MR) is 104 cm³/mol. The third kappa shape index (κ3) is 2.84. The highest BCUT2D eigenvalue weighted by Gasteiger charge is 2.58. The highest BCUT2D eigenvalue weighted by atomic mass is 32.2. The molecule has 1 unspecified atom stereocenters. The zero-order valence-electron chi connectivity index (χ0n) is 14.9. The van der Waals surface area contributed by atoms with Gasteiger partial charge in [-0.1, -0.05) is 79.9 Å². The second-order valence-electron chi connectivity index (χ2n) is 7.70. The molecule has 4 rings (SSSR count). The smallest absolute Gasteiger partial charge is 0.129 e. The van der Waals surface area contributed by atoms with E-state index in [-0.39, 0.29) is 5.25 Å². The van der Waals surface area contributed by atoms with E-state index in [0.29, 0.717) is 6.42 Å². The number of hydrogen-bond donors (Lipinski definition) is 2. The maximum Gasteiger partial charge on any atom is 0.129 e. The van der Waals surface area contributed by atoms with Crippen molar-refractivity contribution < 1.29 is 14.4 Å². The lowest BCUT2D eigenvalue weighted by Crippen LogP contribution is -2.62. The van der Waals surface area contributed by atoms with Gasteiger partial charge in [-0.3, -0.25) is 4.21 Å². The second-order valence-corrected chi connectivity index (χ2v) is 9.50. The molecule has 1 saturated heterocycles. The molecule has 26 heavy (non-hydrogen) atoms. The van der Waals surface area contributed by atoms with E-state index in [4.69, 9.17) is 0 Å². The Morgan fingerprint density at radius 2 is 1.38 bits per heavy atom. The minimum Gasteiger partial charge on any atom is -0.389 e. The number of aliphatic hydroxyl groups is 2. The van der Waals surface area contributed by atoms with Crippen LogP contribution in [0.3, 0.4) is 0 Å². The summed E-state index contributed by atoms with van der Waals surface area (Å²) in [6.45, 7) is 0. The normalized spacial score (nSPS) is 28.3. The summed E-state index contributed by atoms with van der Waals surface area (Å²) in [7, 11) is -1.27. The van der Waals surface area contributed by atoms with E-state index in [2.05, 4.69) is 0 Å². The first kappa shape index (κ1) is 17.9. The molecule has 3 atom stereocenters. The lowest BCUT2D eigenvalue weighted by atomic mass is 9.76. The molecule has 138 valence electrons. The van der Waals surface area contributed by atoms with Crippen LogP contribution in [0, 0.1) is 0 Å². The van der Waals surface area contributed by atoms with Crippen LogP contribution in [0.5, 0.6) is 0 Å². The minimum absolute atomic E-state index is 0.230.